The highest BCUT2D eigenvalue weighted by molar-refractivity contribution is 6.22. The average molecular weight is 457 g/mol. The number of anilines is 2. The van der Waals surface area contributed by atoms with Gasteiger partial charge in [0.05, 0.1) is 0 Å². The topological polar surface area (TPSA) is 26.8 Å². The van der Waals surface area contributed by atoms with Gasteiger partial charge in [0.2, 0.25) is 0 Å². The first-order chi connectivity index (χ1) is 12.5. The Kier molecular flexibility index (Phi) is 7.17. The third-order valence-electron chi connectivity index (χ3n) is 6.34. The van der Waals surface area contributed by atoms with Crippen LogP contribution < -0.4 is 9.80 Å². The van der Waals surface area contributed by atoms with Crippen molar-refractivity contribution < 1.29 is 4.79 Å². The number of carbonyl (C=O) groups excluding carboxylic acids is 1. The number of nitrogens with zero attached hydrogens (tertiary/aromatic N) is 3. The Hall–Kier alpha value is -1.46. The van der Waals surface area contributed by atoms with Crippen molar-refractivity contribution in [3.63, 3.8) is 0 Å². The van der Waals surface area contributed by atoms with E-state index in [2.05, 4.69) is 47.2 Å². The number of ketones is 1. The van der Waals surface area contributed by atoms with Crippen LogP contribution in [0.3, 0.4) is 0 Å². The SMILES string of the molecule is CN1CC2CN(c3ccc4c(c3)C(=O)c3cc(N(C)C)ccc3-4)CC2C1.Cl.Cl.Cl. The van der Waals surface area contributed by atoms with Crippen molar-refractivity contribution in [3.05, 3.63) is 47.5 Å². The van der Waals surface area contributed by atoms with Crippen molar-refractivity contribution in [3.8, 4) is 11.1 Å². The van der Waals surface area contributed by atoms with Crippen molar-refractivity contribution in [2.24, 2.45) is 11.8 Å². The molecule has 3 aliphatic rings. The third-order valence-corrected chi connectivity index (χ3v) is 6.34. The van der Waals surface area contributed by atoms with Gasteiger partial charge < -0.3 is 14.7 Å². The van der Waals surface area contributed by atoms with Gasteiger partial charge in [-0.2, -0.15) is 0 Å². The number of benzene rings is 2. The zero-order chi connectivity index (χ0) is 18.0. The van der Waals surface area contributed by atoms with Gasteiger partial charge in [0.25, 0.3) is 0 Å². The molecule has 0 radical (unpaired) electrons. The first-order valence-electron chi connectivity index (χ1n) is 9.45. The number of hydrogen-bond acceptors (Lipinski definition) is 4. The lowest BCUT2D eigenvalue weighted by Gasteiger charge is -2.22. The fraction of sp³-hybridized carbons (Fsp3) is 0.409. The van der Waals surface area contributed by atoms with Crippen molar-refractivity contribution in [2.75, 3.05) is 57.1 Å². The molecule has 0 aromatic heterocycles. The predicted molar refractivity (Wildman–Crippen MR) is 128 cm³/mol. The molecule has 0 N–H and O–H groups in total. The van der Waals surface area contributed by atoms with Gasteiger partial charge in [-0.3, -0.25) is 4.79 Å². The Labute approximate surface area is 191 Å². The van der Waals surface area contributed by atoms with E-state index in [0.717, 1.165) is 52.9 Å². The quantitative estimate of drug-likeness (QED) is 0.577. The molecule has 0 bridgehead atoms. The van der Waals surface area contributed by atoms with Gasteiger partial charge in [-0.25, -0.2) is 0 Å². The van der Waals surface area contributed by atoms with Gasteiger partial charge in [0.1, 0.15) is 0 Å². The molecular weight excluding hydrogens is 429 g/mol. The lowest BCUT2D eigenvalue weighted by molar-refractivity contribution is 0.104. The molecule has 29 heavy (non-hydrogen) atoms. The third kappa shape index (κ3) is 3.84. The Morgan fingerprint density at radius 2 is 1.34 bits per heavy atom. The standard InChI is InChI=1S/C22H25N3O.3ClH/c1-23(2)16-4-6-18-19-7-5-17(9-21(19)22(26)20(18)8-16)25-12-14-10-24(3)11-15(14)13-25;;;/h4-9,14-15H,10-13H2,1-3H3;3*1H. The summed E-state index contributed by atoms with van der Waals surface area (Å²) in [5, 5.41) is 0. The van der Waals surface area contributed by atoms with Gasteiger partial charge in [-0.05, 0) is 54.3 Å². The summed E-state index contributed by atoms with van der Waals surface area (Å²) in [6, 6.07) is 12.7. The zero-order valence-electron chi connectivity index (χ0n) is 16.9. The Bertz CT molecular complexity index is 904. The maximum Gasteiger partial charge on any atom is 0.194 e. The van der Waals surface area contributed by atoms with Crippen LogP contribution in [0, 0.1) is 11.8 Å². The molecule has 2 unspecified atom stereocenters. The largest absolute Gasteiger partial charge is 0.378 e. The lowest BCUT2D eigenvalue weighted by Crippen LogP contribution is -2.26. The van der Waals surface area contributed by atoms with Gasteiger partial charge in [0, 0.05) is 62.8 Å². The molecule has 4 nitrogen and oxygen atoms in total. The van der Waals surface area contributed by atoms with E-state index in [9.17, 15) is 4.79 Å². The number of likely N-dealkylation sites (tertiary alicyclic amines) is 1. The second-order valence-corrected chi connectivity index (χ2v) is 8.33. The average Bonchev–Trinajstić information content (AvgIpc) is 3.25. The molecule has 2 saturated heterocycles. The van der Waals surface area contributed by atoms with Crippen molar-refractivity contribution in [1.29, 1.82) is 0 Å². The smallest absolute Gasteiger partial charge is 0.194 e. The van der Waals surface area contributed by atoms with Crippen LogP contribution in [0.4, 0.5) is 11.4 Å². The van der Waals surface area contributed by atoms with Crippen LogP contribution in [0.2, 0.25) is 0 Å². The van der Waals surface area contributed by atoms with E-state index in [1.54, 1.807) is 0 Å². The van der Waals surface area contributed by atoms with Crippen molar-refractivity contribution in [2.45, 2.75) is 0 Å². The molecular formula is C22H28Cl3N3O. The highest BCUT2D eigenvalue weighted by Gasteiger charge is 2.39. The monoisotopic (exact) mass is 455 g/mol. The van der Waals surface area contributed by atoms with Crippen LogP contribution in [0.5, 0.6) is 0 Å². The summed E-state index contributed by atoms with van der Waals surface area (Å²) in [6.07, 6.45) is 0. The van der Waals surface area contributed by atoms with E-state index in [-0.39, 0.29) is 43.0 Å². The number of fused-ring (bicyclic) bond motifs is 4. The molecule has 5 rings (SSSR count). The van der Waals surface area contributed by atoms with E-state index in [1.807, 2.05) is 25.1 Å². The second-order valence-electron chi connectivity index (χ2n) is 8.33. The van der Waals surface area contributed by atoms with Crippen molar-refractivity contribution in [1.82, 2.24) is 4.90 Å². The molecule has 2 fully saturated rings. The normalized spacial score (nSPS) is 21.5. The number of halogens is 3. The molecule has 2 aliphatic heterocycles. The number of hydrogen-bond donors (Lipinski definition) is 0. The molecule has 1 aliphatic carbocycles. The molecule has 2 aromatic carbocycles. The summed E-state index contributed by atoms with van der Waals surface area (Å²) in [5.41, 5.74) is 6.13. The van der Waals surface area contributed by atoms with E-state index < -0.39 is 0 Å². The van der Waals surface area contributed by atoms with E-state index >= 15 is 0 Å². The molecule has 7 heteroatoms. The molecule has 2 atom stereocenters. The highest BCUT2D eigenvalue weighted by atomic mass is 35.5. The van der Waals surface area contributed by atoms with Gasteiger partial charge in [-0.15, -0.1) is 37.2 Å². The van der Waals surface area contributed by atoms with Crippen LogP contribution in [0.15, 0.2) is 36.4 Å². The molecule has 0 amide bonds. The number of rotatable bonds is 2. The highest BCUT2D eigenvalue weighted by Crippen LogP contribution is 2.41. The summed E-state index contributed by atoms with van der Waals surface area (Å²) in [7, 11) is 6.23. The first kappa shape index (κ1) is 23.8. The maximum absolute atomic E-state index is 13.0. The maximum atomic E-state index is 13.0. The van der Waals surface area contributed by atoms with Gasteiger partial charge >= 0.3 is 0 Å². The summed E-state index contributed by atoms with van der Waals surface area (Å²) in [5.74, 6) is 1.70. The molecule has 0 spiro atoms. The van der Waals surface area contributed by atoms with E-state index in [4.69, 9.17) is 0 Å². The van der Waals surface area contributed by atoms with Crippen LogP contribution in [-0.4, -0.2) is 58.0 Å². The van der Waals surface area contributed by atoms with Crippen LogP contribution in [-0.2, 0) is 0 Å². The van der Waals surface area contributed by atoms with Crippen LogP contribution >= 0.6 is 37.2 Å². The molecule has 2 heterocycles. The van der Waals surface area contributed by atoms with Crippen molar-refractivity contribution >= 4 is 54.4 Å². The molecule has 0 saturated carbocycles. The predicted octanol–water partition coefficient (Wildman–Crippen LogP) is 4.23. The summed E-state index contributed by atoms with van der Waals surface area (Å²) in [6.45, 7) is 4.62. The lowest BCUT2D eigenvalue weighted by atomic mass is 10.0. The van der Waals surface area contributed by atoms with Gasteiger partial charge in [-0.1, -0.05) is 12.1 Å². The minimum Gasteiger partial charge on any atom is -0.378 e. The molecule has 2 aromatic rings. The Balaban J connectivity index is 0.000001000. The van der Waals surface area contributed by atoms with Crippen LogP contribution in [0.25, 0.3) is 11.1 Å². The second kappa shape index (κ2) is 8.73. The first-order valence-corrected chi connectivity index (χ1v) is 9.45. The minimum absolute atomic E-state index is 0. The fourth-order valence-electron chi connectivity index (χ4n) is 4.97. The zero-order valence-corrected chi connectivity index (χ0v) is 19.4. The van der Waals surface area contributed by atoms with Gasteiger partial charge in [0.15, 0.2) is 5.78 Å². The summed E-state index contributed by atoms with van der Waals surface area (Å²) >= 11 is 0. The number of carbonyl (C=O) groups is 1. The Morgan fingerprint density at radius 1 is 0.793 bits per heavy atom. The van der Waals surface area contributed by atoms with Crippen LogP contribution in [0.1, 0.15) is 15.9 Å². The van der Waals surface area contributed by atoms with E-state index in [1.165, 1.54) is 18.8 Å². The van der Waals surface area contributed by atoms with E-state index in [0.29, 0.717) is 0 Å². The molecule has 158 valence electrons. The minimum atomic E-state index is 0. The Morgan fingerprint density at radius 3 is 1.93 bits per heavy atom. The summed E-state index contributed by atoms with van der Waals surface area (Å²) < 4.78 is 0. The fourth-order valence-corrected chi connectivity index (χ4v) is 4.97. The summed E-state index contributed by atoms with van der Waals surface area (Å²) in [4.78, 5) is 20.0.